The molecule has 2 nitrogen and oxygen atoms in total. The molecule has 0 fully saturated rings. The van der Waals surface area contributed by atoms with Crippen LogP contribution in [0.15, 0.2) is 34.8 Å². The third-order valence-electron chi connectivity index (χ3n) is 2.19. The number of para-hydroxylation sites is 2. The van der Waals surface area contributed by atoms with Gasteiger partial charge in [-0.25, -0.2) is 0 Å². The summed E-state index contributed by atoms with van der Waals surface area (Å²) in [5.74, 6) is 0.955. The Balaban J connectivity index is 0.000000653. The van der Waals surface area contributed by atoms with Gasteiger partial charge in [-0.2, -0.15) is 4.57 Å². The molecule has 0 N–H and O–H groups in total. The van der Waals surface area contributed by atoms with E-state index < -0.39 is 0 Å². The van der Waals surface area contributed by atoms with E-state index in [0.29, 0.717) is 0 Å². The molecule has 2 heterocycles. The van der Waals surface area contributed by atoms with Crippen LogP contribution in [-0.2, 0) is 6.54 Å². The van der Waals surface area contributed by atoms with E-state index in [9.17, 15) is 0 Å². The predicted molar refractivity (Wildman–Crippen MR) is 45.4 cm³/mol. The van der Waals surface area contributed by atoms with Gasteiger partial charge in [-0.05, 0) is 12.1 Å². The summed E-state index contributed by atoms with van der Waals surface area (Å²) < 4.78 is 7.75. The first-order chi connectivity index (χ1) is 5.95. The molecule has 66 valence electrons. The zero-order chi connectivity index (χ0) is 7.97. The summed E-state index contributed by atoms with van der Waals surface area (Å²) in [7, 11) is 0. The van der Waals surface area contributed by atoms with E-state index in [1.165, 1.54) is 5.52 Å². The summed E-state index contributed by atoms with van der Waals surface area (Å²) in [5, 5.41) is 0. The van der Waals surface area contributed by atoms with E-state index in [1.807, 2.05) is 24.3 Å². The molecular formula is C10H8BrNO. The van der Waals surface area contributed by atoms with Gasteiger partial charge in [-0.15, -0.1) is 0 Å². The molecule has 2 aromatic rings. The van der Waals surface area contributed by atoms with Gasteiger partial charge in [0, 0.05) is 6.07 Å². The Labute approximate surface area is 86.2 Å². The Morgan fingerprint density at radius 2 is 2.08 bits per heavy atom. The number of aromatic nitrogens is 1. The quantitative estimate of drug-likeness (QED) is 0.524. The van der Waals surface area contributed by atoms with Crippen molar-refractivity contribution in [1.29, 1.82) is 0 Å². The third-order valence-corrected chi connectivity index (χ3v) is 2.19. The van der Waals surface area contributed by atoms with Crippen LogP contribution in [0.4, 0.5) is 0 Å². The smallest absolute Gasteiger partial charge is 0.374 e. The van der Waals surface area contributed by atoms with Gasteiger partial charge in [0.2, 0.25) is 5.58 Å². The van der Waals surface area contributed by atoms with Crippen molar-refractivity contribution >= 4 is 17.2 Å². The summed E-state index contributed by atoms with van der Waals surface area (Å²) in [6.45, 7) is 0.937. The highest BCUT2D eigenvalue weighted by Gasteiger charge is 2.22. The van der Waals surface area contributed by atoms with E-state index in [2.05, 4.69) is 16.7 Å². The lowest BCUT2D eigenvalue weighted by Crippen LogP contribution is -3.00. The number of nitrogens with zero attached hydrogens (tertiary/aromatic N) is 1. The molecule has 1 aromatic carbocycles. The van der Waals surface area contributed by atoms with Crippen molar-refractivity contribution in [2.75, 3.05) is 0 Å². The molecule has 3 heteroatoms. The maximum Gasteiger partial charge on any atom is 0.374 e. The van der Waals surface area contributed by atoms with Crippen molar-refractivity contribution < 1.29 is 26.0 Å². The Hall–Kier alpha value is -1.09. The van der Waals surface area contributed by atoms with Gasteiger partial charge in [0.05, 0.1) is 6.08 Å². The number of rotatable bonds is 0. The van der Waals surface area contributed by atoms with Crippen molar-refractivity contribution in [1.82, 2.24) is 0 Å². The number of halogens is 1. The molecule has 0 atom stereocenters. The highest BCUT2D eigenvalue weighted by Crippen LogP contribution is 2.16. The number of benzene rings is 1. The Bertz CT molecular complexity index is 473. The summed E-state index contributed by atoms with van der Waals surface area (Å²) in [5.41, 5.74) is 2.15. The minimum Gasteiger partial charge on any atom is -1.00 e. The van der Waals surface area contributed by atoms with Crippen molar-refractivity contribution in [2.24, 2.45) is 0 Å². The van der Waals surface area contributed by atoms with Gasteiger partial charge in [0.1, 0.15) is 0 Å². The maximum atomic E-state index is 5.59. The SMILES string of the molecule is C1=Cc2oc3ccccc3[n+]2C1.[Br-]. The zero-order valence-corrected chi connectivity index (χ0v) is 8.49. The van der Waals surface area contributed by atoms with Gasteiger partial charge in [-0.1, -0.05) is 12.1 Å². The van der Waals surface area contributed by atoms with Crippen LogP contribution in [0.3, 0.4) is 0 Å². The zero-order valence-electron chi connectivity index (χ0n) is 6.90. The van der Waals surface area contributed by atoms with Crippen LogP contribution in [0.25, 0.3) is 17.2 Å². The summed E-state index contributed by atoms with van der Waals surface area (Å²) in [4.78, 5) is 0. The highest BCUT2D eigenvalue weighted by molar-refractivity contribution is 5.69. The van der Waals surface area contributed by atoms with Crippen molar-refractivity contribution in [2.45, 2.75) is 6.54 Å². The number of oxazole rings is 1. The van der Waals surface area contributed by atoms with E-state index in [-0.39, 0.29) is 17.0 Å². The normalized spacial score (nSPS) is 12.9. The second-order valence-electron chi connectivity index (χ2n) is 2.92. The topological polar surface area (TPSA) is 17.0 Å². The lowest BCUT2D eigenvalue weighted by atomic mass is 10.3. The molecule has 3 rings (SSSR count). The van der Waals surface area contributed by atoms with Crippen LogP contribution < -0.4 is 21.5 Å². The third kappa shape index (κ3) is 1.11. The Morgan fingerprint density at radius 3 is 3.00 bits per heavy atom. The van der Waals surface area contributed by atoms with E-state index in [4.69, 9.17) is 4.42 Å². The summed E-state index contributed by atoms with van der Waals surface area (Å²) >= 11 is 0. The summed E-state index contributed by atoms with van der Waals surface area (Å²) in [6, 6.07) is 8.10. The molecule has 0 amide bonds. The van der Waals surface area contributed by atoms with Gasteiger partial charge < -0.3 is 21.4 Å². The van der Waals surface area contributed by atoms with Crippen LogP contribution >= 0.6 is 0 Å². The lowest BCUT2D eigenvalue weighted by Gasteiger charge is -1.82. The molecule has 1 aliphatic heterocycles. The van der Waals surface area contributed by atoms with Gasteiger partial charge in [0.25, 0.3) is 5.52 Å². The molecule has 0 radical (unpaired) electrons. The second kappa shape index (κ2) is 3.00. The summed E-state index contributed by atoms with van der Waals surface area (Å²) in [6.07, 6.45) is 4.12. The average Bonchev–Trinajstić information content (AvgIpc) is 2.62. The molecule has 1 aliphatic rings. The number of allylic oxidation sites excluding steroid dienone is 1. The molecule has 13 heavy (non-hydrogen) atoms. The van der Waals surface area contributed by atoms with Crippen molar-refractivity contribution in [3.63, 3.8) is 0 Å². The first-order valence-electron chi connectivity index (χ1n) is 4.03. The monoisotopic (exact) mass is 237 g/mol. The second-order valence-corrected chi connectivity index (χ2v) is 2.92. The largest absolute Gasteiger partial charge is 1.00 e. The van der Waals surface area contributed by atoms with Gasteiger partial charge >= 0.3 is 5.89 Å². The molecular weight excluding hydrogens is 230 g/mol. The minimum absolute atomic E-state index is 0. The molecule has 0 bridgehead atoms. The van der Waals surface area contributed by atoms with Gasteiger partial charge in [0.15, 0.2) is 6.54 Å². The average molecular weight is 238 g/mol. The molecule has 1 aromatic heterocycles. The van der Waals surface area contributed by atoms with Crippen LogP contribution in [0.2, 0.25) is 0 Å². The predicted octanol–water partition coefficient (Wildman–Crippen LogP) is -1.25. The van der Waals surface area contributed by atoms with Crippen LogP contribution in [0.1, 0.15) is 5.89 Å². The fraction of sp³-hybridized carbons (Fsp3) is 0.100. The Kier molecular flexibility index (Phi) is 1.96. The van der Waals surface area contributed by atoms with Gasteiger partial charge in [-0.3, -0.25) is 0 Å². The molecule has 0 aliphatic carbocycles. The number of fused-ring (bicyclic) bond motifs is 3. The van der Waals surface area contributed by atoms with Crippen LogP contribution in [0, 0.1) is 0 Å². The lowest BCUT2D eigenvalue weighted by molar-refractivity contribution is -0.663. The first-order valence-corrected chi connectivity index (χ1v) is 4.03. The molecule has 0 spiro atoms. The first kappa shape index (κ1) is 8.51. The van der Waals surface area contributed by atoms with Crippen LogP contribution in [0.5, 0.6) is 0 Å². The number of hydrogen-bond acceptors (Lipinski definition) is 1. The fourth-order valence-corrected chi connectivity index (χ4v) is 1.62. The van der Waals surface area contributed by atoms with Crippen molar-refractivity contribution in [3.05, 3.63) is 36.2 Å². The Morgan fingerprint density at radius 1 is 1.23 bits per heavy atom. The maximum absolute atomic E-state index is 5.59. The number of hydrogen-bond donors (Lipinski definition) is 0. The van der Waals surface area contributed by atoms with E-state index >= 15 is 0 Å². The highest BCUT2D eigenvalue weighted by atomic mass is 79.9. The standard InChI is InChI=1S/C10H8NO.BrH/c1-2-5-9-8(4-1)11-7-3-6-10(11)12-9;/h1-6H,7H2;1H/q+1;/p-1. The van der Waals surface area contributed by atoms with Crippen LogP contribution in [-0.4, -0.2) is 0 Å². The molecule has 0 saturated carbocycles. The van der Waals surface area contributed by atoms with Crippen molar-refractivity contribution in [3.8, 4) is 0 Å². The minimum atomic E-state index is 0. The molecule has 0 unspecified atom stereocenters. The molecule has 0 saturated heterocycles. The fourth-order valence-electron chi connectivity index (χ4n) is 1.62. The van der Waals surface area contributed by atoms with E-state index in [1.54, 1.807) is 0 Å². The van der Waals surface area contributed by atoms with E-state index in [0.717, 1.165) is 18.0 Å².